The van der Waals surface area contributed by atoms with Gasteiger partial charge in [0.25, 0.3) is 0 Å². The van der Waals surface area contributed by atoms with Gasteiger partial charge in [-0.2, -0.15) is 5.26 Å². The Hall–Kier alpha value is -3.47. The summed E-state index contributed by atoms with van der Waals surface area (Å²) in [7, 11) is 0. The van der Waals surface area contributed by atoms with E-state index in [-0.39, 0.29) is 12.4 Å². The summed E-state index contributed by atoms with van der Waals surface area (Å²) in [5.74, 6) is -3.36. The molecule has 1 aromatic carbocycles. The van der Waals surface area contributed by atoms with Gasteiger partial charge in [-0.05, 0) is 31.5 Å². The lowest BCUT2D eigenvalue weighted by Crippen LogP contribution is -2.45. The van der Waals surface area contributed by atoms with E-state index >= 15 is 0 Å². The molecule has 7 nitrogen and oxygen atoms in total. The zero-order valence-electron chi connectivity index (χ0n) is 16.0. The van der Waals surface area contributed by atoms with Gasteiger partial charge >= 0.3 is 5.97 Å². The van der Waals surface area contributed by atoms with Gasteiger partial charge in [-0.25, -0.2) is 4.39 Å². The van der Waals surface area contributed by atoms with Crippen LogP contribution in [0.15, 0.2) is 48.2 Å². The second-order valence-electron chi connectivity index (χ2n) is 6.97. The van der Waals surface area contributed by atoms with E-state index in [1.54, 1.807) is 6.92 Å². The summed E-state index contributed by atoms with van der Waals surface area (Å²) in [6.07, 6.45) is 4.49. The first kappa shape index (κ1) is 20.3. The number of halogens is 1. The molecule has 150 valence electrons. The number of ether oxygens (including phenoxy) is 1. The van der Waals surface area contributed by atoms with Crippen molar-refractivity contribution in [3.63, 3.8) is 0 Å². The number of nitrogens with two attached hydrogens (primary N) is 1. The molecule has 1 saturated heterocycles. The van der Waals surface area contributed by atoms with E-state index in [0.717, 1.165) is 0 Å². The number of fused-ring (bicyclic) bond motifs is 1. The van der Waals surface area contributed by atoms with Crippen LogP contribution in [0.2, 0.25) is 0 Å². The Labute approximate surface area is 167 Å². The maximum Gasteiger partial charge on any atom is 0.329 e. The minimum absolute atomic E-state index is 0.0323. The van der Waals surface area contributed by atoms with Crippen molar-refractivity contribution in [2.24, 2.45) is 11.1 Å². The molecule has 0 bridgehead atoms. The summed E-state index contributed by atoms with van der Waals surface area (Å²) in [6.45, 7) is 3.01. The van der Waals surface area contributed by atoms with E-state index in [4.69, 9.17) is 10.5 Å². The first-order valence-corrected chi connectivity index (χ1v) is 9.09. The topological polar surface area (TPSA) is 113 Å². The first-order valence-electron chi connectivity index (χ1n) is 9.09. The Balaban J connectivity index is 2.28. The molecule has 8 heteroatoms. The number of nitrogens with zero attached hydrogens (tertiary/aromatic N) is 2. The molecule has 0 aliphatic carbocycles. The smallest absolute Gasteiger partial charge is 0.329 e. The largest absolute Gasteiger partial charge is 0.465 e. The van der Waals surface area contributed by atoms with Crippen LogP contribution < -0.4 is 5.73 Å². The molecule has 4 atom stereocenters. The number of esters is 1. The van der Waals surface area contributed by atoms with Crippen molar-refractivity contribution in [3.05, 3.63) is 59.6 Å². The highest BCUT2D eigenvalue weighted by Crippen LogP contribution is 2.53. The number of nitriles is 1. The van der Waals surface area contributed by atoms with E-state index < -0.39 is 41.1 Å². The van der Waals surface area contributed by atoms with Crippen molar-refractivity contribution in [2.75, 3.05) is 6.61 Å². The average molecular weight is 397 g/mol. The Bertz CT molecular complexity index is 963. The van der Waals surface area contributed by atoms with Gasteiger partial charge < -0.3 is 15.4 Å². The van der Waals surface area contributed by atoms with Gasteiger partial charge in [-0.15, -0.1) is 0 Å². The zero-order chi connectivity index (χ0) is 21.3. The van der Waals surface area contributed by atoms with Gasteiger partial charge in [0.15, 0.2) is 11.2 Å². The van der Waals surface area contributed by atoms with Crippen molar-refractivity contribution in [2.45, 2.75) is 31.8 Å². The van der Waals surface area contributed by atoms with Crippen LogP contribution in [0.25, 0.3) is 0 Å². The summed E-state index contributed by atoms with van der Waals surface area (Å²) in [5, 5.41) is 10.2. The second kappa shape index (κ2) is 7.51. The van der Waals surface area contributed by atoms with Gasteiger partial charge in [-0.3, -0.25) is 14.4 Å². The molecule has 1 amide bonds. The number of allylic oxidation sites excluding steroid dienone is 2. The molecule has 1 aromatic rings. The van der Waals surface area contributed by atoms with Crippen LogP contribution in [-0.2, 0) is 19.1 Å². The first-order chi connectivity index (χ1) is 13.8. The number of amides is 1. The highest BCUT2D eigenvalue weighted by molar-refractivity contribution is 5.97. The second-order valence-corrected chi connectivity index (χ2v) is 6.97. The zero-order valence-corrected chi connectivity index (χ0v) is 16.0. The van der Waals surface area contributed by atoms with Crippen molar-refractivity contribution in [1.82, 2.24) is 4.90 Å². The SMILES string of the molecule is CCOC(=O)[C@]1(C#N)[C@H](c2ccc(F)cc2)[C@H](C(N)=O)N2C=C(C(C)=O)C=C[C@H]21. The third kappa shape index (κ3) is 3.09. The maximum atomic E-state index is 13.5. The fraction of sp³-hybridized carbons (Fsp3) is 0.333. The summed E-state index contributed by atoms with van der Waals surface area (Å²) in [6, 6.07) is 5.27. The maximum absolute atomic E-state index is 13.5. The lowest BCUT2D eigenvalue weighted by molar-refractivity contribution is -0.153. The summed E-state index contributed by atoms with van der Waals surface area (Å²) >= 11 is 0. The van der Waals surface area contributed by atoms with E-state index in [1.165, 1.54) is 54.4 Å². The molecule has 3 rings (SSSR count). The lowest BCUT2D eigenvalue weighted by atomic mass is 9.68. The van der Waals surface area contributed by atoms with Gasteiger partial charge in [0.2, 0.25) is 5.91 Å². The number of benzene rings is 1. The molecular formula is C21H20FN3O4. The molecule has 29 heavy (non-hydrogen) atoms. The fourth-order valence-electron chi connectivity index (χ4n) is 4.14. The molecule has 2 aliphatic rings. The Morgan fingerprint density at radius 1 is 1.31 bits per heavy atom. The summed E-state index contributed by atoms with van der Waals surface area (Å²) in [4.78, 5) is 38.9. The monoisotopic (exact) mass is 397 g/mol. The van der Waals surface area contributed by atoms with Crippen LogP contribution in [0.5, 0.6) is 0 Å². The number of rotatable bonds is 5. The van der Waals surface area contributed by atoms with E-state index in [9.17, 15) is 24.0 Å². The van der Waals surface area contributed by atoms with E-state index in [0.29, 0.717) is 11.1 Å². The number of carbonyl (C=O) groups excluding carboxylic acids is 3. The summed E-state index contributed by atoms with van der Waals surface area (Å²) < 4.78 is 18.7. The molecule has 0 unspecified atom stereocenters. The van der Waals surface area contributed by atoms with E-state index in [2.05, 4.69) is 6.07 Å². The third-order valence-corrected chi connectivity index (χ3v) is 5.39. The van der Waals surface area contributed by atoms with Crippen LogP contribution >= 0.6 is 0 Å². The van der Waals surface area contributed by atoms with Crippen molar-refractivity contribution in [3.8, 4) is 6.07 Å². The summed E-state index contributed by atoms with van der Waals surface area (Å²) in [5.41, 5.74) is 4.56. The molecule has 1 fully saturated rings. The Kier molecular flexibility index (Phi) is 5.25. The van der Waals surface area contributed by atoms with E-state index in [1.807, 2.05) is 0 Å². The molecule has 2 N–H and O–H groups in total. The quantitative estimate of drug-likeness (QED) is 0.755. The van der Waals surface area contributed by atoms with Gasteiger partial charge in [0.05, 0.1) is 18.7 Å². The number of hydrogen-bond donors (Lipinski definition) is 1. The predicted octanol–water partition coefficient (Wildman–Crippen LogP) is 1.56. The van der Waals surface area contributed by atoms with Gasteiger partial charge in [0.1, 0.15) is 11.9 Å². The van der Waals surface area contributed by atoms with Crippen LogP contribution in [-0.4, -0.2) is 41.3 Å². The van der Waals surface area contributed by atoms with Crippen LogP contribution in [0.3, 0.4) is 0 Å². The van der Waals surface area contributed by atoms with Crippen molar-refractivity contribution < 1.29 is 23.5 Å². The number of Topliss-reactive ketones (excluding diaryl/α,β-unsaturated/α-hetero) is 1. The number of carbonyl (C=O) groups is 3. The standard InChI is InChI=1S/C21H20FN3O4/c1-3-29-20(28)21(11-23)16-9-6-14(12(2)26)10-25(16)18(19(24)27)17(21)13-4-7-15(22)8-5-13/h4-10,16-18H,3H2,1-2H3,(H2,24,27)/t16-,17+,18+,21-/m0/s1. The highest BCUT2D eigenvalue weighted by Gasteiger charge is 2.66. The molecule has 0 radical (unpaired) electrons. The fourth-order valence-corrected chi connectivity index (χ4v) is 4.14. The van der Waals surface area contributed by atoms with Crippen LogP contribution in [0.4, 0.5) is 4.39 Å². The predicted molar refractivity (Wildman–Crippen MR) is 100 cm³/mol. The number of primary amides is 1. The molecule has 0 spiro atoms. The lowest BCUT2D eigenvalue weighted by Gasteiger charge is -2.32. The van der Waals surface area contributed by atoms with Crippen LogP contribution in [0.1, 0.15) is 25.3 Å². The molecule has 0 saturated carbocycles. The highest BCUT2D eigenvalue weighted by atomic mass is 19.1. The average Bonchev–Trinajstić information content (AvgIpc) is 2.99. The van der Waals surface area contributed by atoms with Crippen molar-refractivity contribution in [1.29, 1.82) is 5.26 Å². The van der Waals surface area contributed by atoms with Crippen LogP contribution in [0, 0.1) is 22.6 Å². The number of hydrogen-bond acceptors (Lipinski definition) is 6. The number of ketones is 1. The van der Waals surface area contributed by atoms with Crippen molar-refractivity contribution >= 4 is 17.7 Å². The molecular weight excluding hydrogens is 377 g/mol. The van der Waals surface area contributed by atoms with Gasteiger partial charge in [-0.1, -0.05) is 24.3 Å². The minimum atomic E-state index is -1.82. The molecule has 0 aromatic heterocycles. The molecule has 2 aliphatic heterocycles. The minimum Gasteiger partial charge on any atom is -0.465 e. The normalized spacial score (nSPS) is 27.6. The Morgan fingerprint density at radius 3 is 2.48 bits per heavy atom. The third-order valence-electron chi connectivity index (χ3n) is 5.39. The molecule has 2 heterocycles. The van der Waals surface area contributed by atoms with Gasteiger partial charge in [0, 0.05) is 17.7 Å². The Morgan fingerprint density at radius 2 is 1.97 bits per heavy atom.